The molecule has 0 saturated carbocycles. The van der Waals surface area contributed by atoms with Crippen molar-refractivity contribution in [1.29, 1.82) is 0 Å². The minimum atomic E-state index is -0.420. The molecule has 0 spiro atoms. The molecular formula is C19H14FN3O3. The molecule has 0 aliphatic rings. The highest BCUT2D eigenvalue weighted by Crippen LogP contribution is 2.19. The summed E-state index contributed by atoms with van der Waals surface area (Å²) in [7, 11) is 0. The molecule has 6 nitrogen and oxygen atoms in total. The second-order valence-electron chi connectivity index (χ2n) is 5.67. The number of carbonyl (C=O) groups excluding carboxylic acids is 1. The van der Waals surface area contributed by atoms with Crippen LogP contribution in [0.5, 0.6) is 0 Å². The van der Waals surface area contributed by atoms with Gasteiger partial charge in [-0.3, -0.25) is 4.79 Å². The molecule has 2 aromatic carbocycles. The van der Waals surface area contributed by atoms with Crippen LogP contribution in [-0.4, -0.2) is 20.7 Å². The zero-order valence-corrected chi connectivity index (χ0v) is 13.6. The number of para-hydroxylation sites is 1. The molecule has 0 atom stereocenters. The summed E-state index contributed by atoms with van der Waals surface area (Å²) < 4.78 is 25.7. The molecule has 0 unspecified atom stereocenters. The van der Waals surface area contributed by atoms with Crippen molar-refractivity contribution < 1.29 is 18.3 Å². The average Bonchev–Trinajstić information content (AvgIpc) is 3.28. The van der Waals surface area contributed by atoms with Crippen molar-refractivity contribution in [3.05, 3.63) is 72.5 Å². The molecule has 7 heteroatoms. The van der Waals surface area contributed by atoms with E-state index in [0.29, 0.717) is 5.56 Å². The lowest BCUT2D eigenvalue weighted by molar-refractivity contribution is -0.146. The zero-order valence-electron chi connectivity index (χ0n) is 13.6. The minimum Gasteiger partial charge on any atom is -0.454 e. The summed E-state index contributed by atoms with van der Waals surface area (Å²) >= 11 is 0. The molecule has 0 aliphatic carbocycles. The van der Waals surface area contributed by atoms with Gasteiger partial charge < -0.3 is 13.7 Å². The Morgan fingerprint density at radius 2 is 2.00 bits per heavy atom. The van der Waals surface area contributed by atoms with Gasteiger partial charge in [-0.25, -0.2) is 4.39 Å². The van der Waals surface area contributed by atoms with E-state index in [2.05, 4.69) is 10.2 Å². The summed E-state index contributed by atoms with van der Waals surface area (Å²) in [4.78, 5) is 12.1. The van der Waals surface area contributed by atoms with Crippen LogP contribution in [0.3, 0.4) is 0 Å². The van der Waals surface area contributed by atoms with Crippen molar-refractivity contribution in [1.82, 2.24) is 14.8 Å². The molecule has 0 fully saturated rings. The van der Waals surface area contributed by atoms with Gasteiger partial charge in [-0.2, -0.15) is 0 Å². The fourth-order valence-corrected chi connectivity index (χ4v) is 2.66. The number of hydrogen-bond donors (Lipinski definition) is 0. The molecule has 130 valence electrons. The highest BCUT2D eigenvalue weighted by molar-refractivity contribution is 5.81. The molecule has 0 radical (unpaired) electrons. The van der Waals surface area contributed by atoms with Crippen LogP contribution in [0.15, 0.2) is 65.2 Å². The molecule has 2 aromatic heterocycles. The Bertz CT molecular complexity index is 1070. The van der Waals surface area contributed by atoms with Crippen LogP contribution in [-0.2, 0) is 22.7 Å². The highest BCUT2D eigenvalue weighted by atomic mass is 19.1. The average molecular weight is 351 g/mol. The summed E-state index contributed by atoms with van der Waals surface area (Å²) in [6, 6.07) is 15.5. The number of esters is 1. The van der Waals surface area contributed by atoms with E-state index < -0.39 is 11.8 Å². The van der Waals surface area contributed by atoms with Gasteiger partial charge in [-0.1, -0.05) is 24.3 Å². The fraction of sp³-hybridized carbons (Fsp3) is 0.105. The predicted molar refractivity (Wildman–Crippen MR) is 91.4 cm³/mol. The first-order valence-corrected chi connectivity index (χ1v) is 7.97. The van der Waals surface area contributed by atoms with Gasteiger partial charge in [0.1, 0.15) is 12.4 Å². The van der Waals surface area contributed by atoms with E-state index in [4.69, 9.17) is 9.15 Å². The predicted octanol–water partition coefficient (Wildman–Crippen LogP) is 3.57. The van der Waals surface area contributed by atoms with Crippen LogP contribution in [0, 0.1) is 5.82 Å². The summed E-state index contributed by atoms with van der Waals surface area (Å²) in [5, 5.41) is 8.71. The van der Waals surface area contributed by atoms with Gasteiger partial charge in [0.15, 0.2) is 6.61 Å². The molecule has 0 bridgehead atoms. The number of ether oxygens (including phenoxy) is 1. The number of halogens is 1. The fourth-order valence-electron chi connectivity index (χ4n) is 2.66. The zero-order chi connectivity index (χ0) is 17.9. The second-order valence-corrected chi connectivity index (χ2v) is 5.67. The number of hydrogen-bond acceptors (Lipinski definition) is 5. The van der Waals surface area contributed by atoms with Gasteiger partial charge in [0.25, 0.3) is 5.89 Å². The van der Waals surface area contributed by atoms with Crippen LogP contribution in [0.25, 0.3) is 22.4 Å². The summed E-state index contributed by atoms with van der Waals surface area (Å²) in [6.07, 6.45) is 1.83. The third kappa shape index (κ3) is 3.32. The normalized spacial score (nSPS) is 11.0. The number of carbonyl (C=O) groups is 1. The van der Waals surface area contributed by atoms with E-state index in [1.807, 2.05) is 41.1 Å². The molecule has 2 heterocycles. The maximum absolute atomic E-state index is 13.2. The second kappa shape index (κ2) is 6.79. The van der Waals surface area contributed by atoms with E-state index in [-0.39, 0.29) is 24.9 Å². The maximum Gasteiger partial charge on any atom is 0.326 e. The monoisotopic (exact) mass is 351 g/mol. The van der Waals surface area contributed by atoms with E-state index in [1.54, 1.807) is 12.1 Å². The summed E-state index contributed by atoms with van der Waals surface area (Å²) in [6.45, 7) is -0.0568. The Morgan fingerprint density at radius 3 is 2.88 bits per heavy atom. The number of benzene rings is 2. The van der Waals surface area contributed by atoms with E-state index in [1.165, 1.54) is 12.1 Å². The molecule has 0 N–H and O–H groups in total. The number of aromatic nitrogens is 3. The SMILES string of the molecule is O=C(Cn1ccc2ccccc21)OCc1nnc(-c2cccc(F)c2)o1. The molecule has 4 aromatic rings. The van der Waals surface area contributed by atoms with Crippen molar-refractivity contribution in [2.75, 3.05) is 0 Å². The van der Waals surface area contributed by atoms with E-state index >= 15 is 0 Å². The van der Waals surface area contributed by atoms with Crippen LogP contribution in [0.4, 0.5) is 4.39 Å². The van der Waals surface area contributed by atoms with E-state index in [9.17, 15) is 9.18 Å². The Kier molecular flexibility index (Phi) is 4.18. The highest BCUT2D eigenvalue weighted by Gasteiger charge is 2.12. The van der Waals surface area contributed by atoms with Crippen molar-refractivity contribution in [3.63, 3.8) is 0 Å². The maximum atomic E-state index is 13.2. The summed E-state index contributed by atoms with van der Waals surface area (Å²) in [5.41, 5.74) is 1.42. The molecular weight excluding hydrogens is 337 g/mol. The largest absolute Gasteiger partial charge is 0.454 e. The third-order valence-electron chi connectivity index (χ3n) is 3.87. The van der Waals surface area contributed by atoms with Crippen LogP contribution in [0.2, 0.25) is 0 Å². The Morgan fingerprint density at radius 1 is 1.12 bits per heavy atom. The molecule has 0 amide bonds. The molecule has 26 heavy (non-hydrogen) atoms. The van der Waals surface area contributed by atoms with Crippen molar-refractivity contribution in [3.8, 4) is 11.5 Å². The van der Waals surface area contributed by atoms with Crippen LogP contribution in [0.1, 0.15) is 5.89 Å². The first-order chi connectivity index (χ1) is 12.7. The summed E-state index contributed by atoms with van der Waals surface area (Å²) in [5.74, 6) is -0.494. The van der Waals surface area contributed by atoms with Gasteiger partial charge in [0.05, 0.1) is 0 Å². The number of nitrogens with zero attached hydrogens (tertiary/aromatic N) is 3. The Balaban J connectivity index is 1.39. The third-order valence-corrected chi connectivity index (χ3v) is 3.87. The Labute approximate surface area is 147 Å². The van der Waals surface area contributed by atoms with Crippen molar-refractivity contribution in [2.24, 2.45) is 0 Å². The van der Waals surface area contributed by atoms with Crippen molar-refractivity contribution in [2.45, 2.75) is 13.2 Å². The number of fused-ring (bicyclic) bond motifs is 1. The van der Waals surface area contributed by atoms with Gasteiger partial charge in [-0.15, -0.1) is 10.2 Å². The van der Waals surface area contributed by atoms with Crippen LogP contribution < -0.4 is 0 Å². The lowest BCUT2D eigenvalue weighted by atomic mass is 10.2. The quantitative estimate of drug-likeness (QED) is 0.514. The molecule has 0 saturated heterocycles. The molecule has 4 rings (SSSR count). The van der Waals surface area contributed by atoms with Gasteiger partial charge in [0, 0.05) is 17.3 Å². The van der Waals surface area contributed by atoms with Gasteiger partial charge in [0.2, 0.25) is 5.89 Å². The van der Waals surface area contributed by atoms with E-state index in [0.717, 1.165) is 10.9 Å². The first-order valence-electron chi connectivity index (χ1n) is 7.97. The smallest absolute Gasteiger partial charge is 0.326 e. The van der Waals surface area contributed by atoms with Crippen LogP contribution >= 0.6 is 0 Å². The molecule has 0 aliphatic heterocycles. The van der Waals surface area contributed by atoms with Gasteiger partial charge in [-0.05, 0) is 35.7 Å². The Hall–Kier alpha value is -3.48. The lowest BCUT2D eigenvalue weighted by Gasteiger charge is -2.05. The lowest BCUT2D eigenvalue weighted by Crippen LogP contribution is -2.12. The van der Waals surface area contributed by atoms with Gasteiger partial charge >= 0.3 is 5.97 Å². The minimum absolute atomic E-state index is 0.0818. The standard InChI is InChI=1S/C19H14FN3O3/c20-15-6-3-5-14(10-15)19-22-21-17(26-19)12-25-18(24)11-23-9-8-13-4-1-2-7-16(13)23/h1-10H,11-12H2. The topological polar surface area (TPSA) is 70.2 Å². The van der Waals surface area contributed by atoms with Crippen molar-refractivity contribution >= 4 is 16.9 Å². The first kappa shape index (κ1) is 16.0. The number of rotatable bonds is 5.